The summed E-state index contributed by atoms with van der Waals surface area (Å²) in [5.74, 6) is -2.79. The second-order valence-electron chi connectivity index (χ2n) is 6.05. The Morgan fingerprint density at radius 1 is 1.19 bits per heavy atom. The molecule has 1 N–H and O–H groups in total. The van der Waals surface area contributed by atoms with Crippen molar-refractivity contribution in [2.24, 2.45) is 0 Å². The highest BCUT2D eigenvalue weighted by Gasteiger charge is 2.37. The molecule has 1 fully saturated rings. The summed E-state index contributed by atoms with van der Waals surface area (Å²) in [4.78, 5) is 1.93. The summed E-state index contributed by atoms with van der Waals surface area (Å²) in [6, 6.07) is 8.16. The number of benzene rings is 1. The standard InChI is InChI=1S/C17H26F2N2/c1-3-16(4-2)13-21(12-8-11-20-16)14-17(18,19)15-9-6-5-7-10-15/h5-7,9-10,20H,3-4,8,11-14H2,1-2H3. The lowest BCUT2D eigenvalue weighted by atomic mass is 9.92. The lowest BCUT2D eigenvalue weighted by Crippen LogP contribution is -2.52. The molecule has 1 aliphatic rings. The van der Waals surface area contributed by atoms with Crippen LogP contribution < -0.4 is 5.32 Å². The maximum Gasteiger partial charge on any atom is 0.285 e. The van der Waals surface area contributed by atoms with E-state index in [4.69, 9.17) is 0 Å². The molecular weight excluding hydrogens is 270 g/mol. The van der Waals surface area contributed by atoms with Crippen molar-refractivity contribution in [1.82, 2.24) is 10.2 Å². The summed E-state index contributed by atoms with van der Waals surface area (Å²) in [6.45, 7) is 6.42. The van der Waals surface area contributed by atoms with Crippen molar-refractivity contribution < 1.29 is 8.78 Å². The van der Waals surface area contributed by atoms with Crippen molar-refractivity contribution in [2.45, 2.75) is 44.6 Å². The van der Waals surface area contributed by atoms with E-state index in [9.17, 15) is 8.78 Å². The Kier molecular flexibility index (Phi) is 5.33. The number of nitrogens with one attached hydrogen (secondary N) is 1. The van der Waals surface area contributed by atoms with E-state index >= 15 is 0 Å². The molecule has 0 spiro atoms. The van der Waals surface area contributed by atoms with Crippen molar-refractivity contribution in [3.05, 3.63) is 35.9 Å². The van der Waals surface area contributed by atoms with E-state index in [-0.39, 0.29) is 17.6 Å². The van der Waals surface area contributed by atoms with Gasteiger partial charge in [-0.2, -0.15) is 8.78 Å². The topological polar surface area (TPSA) is 15.3 Å². The van der Waals surface area contributed by atoms with Crippen LogP contribution in [0.25, 0.3) is 0 Å². The molecule has 0 atom stereocenters. The van der Waals surface area contributed by atoms with Gasteiger partial charge >= 0.3 is 0 Å². The molecule has 0 aromatic heterocycles. The number of hydrogen-bond donors (Lipinski definition) is 1. The summed E-state index contributed by atoms with van der Waals surface area (Å²) in [7, 11) is 0. The molecule has 118 valence electrons. The quantitative estimate of drug-likeness (QED) is 0.892. The first-order valence-corrected chi connectivity index (χ1v) is 7.92. The van der Waals surface area contributed by atoms with Gasteiger partial charge in [-0.1, -0.05) is 44.2 Å². The SMILES string of the molecule is CCC1(CC)CN(CC(F)(F)c2ccccc2)CCCN1. The maximum atomic E-state index is 14.5. The number of alkyl halides is 2. The van der Waals surface area contributed by atoms with Crippen molar-refractivity contribution in [1.29, 1.82) is 0 Å². The van der Waals surface area contributed by atoms with Crippen LogP contribution in [0.2, 0.25) is 0 Å². The molecule has 1 heterocycles. The number of hydrogen-bond acceptors (Lipinski definition) is 2. The predicted molar refractivity (Wildman–Crippen MR) is 82.7 cm³/mol. The lowest BCUT2D eigenvalue weighted by molar-refractivity contribution is -0.0414. The fraction of sp³-hybridized carbons (Fsp3) is 0.647. The highest BCUT2D eigenvalue weighted by Crippen LogP contribution is 2.30. The van der Waals surface area contributed by atoms with E-state index in [1.807, 2.05) is 4.90 Å². The first kappa shape index (κ1) is 16.4. The number of rotatable bonds is 5. The highest BCUT2D eigenvalue weighted by atomic mass is 19.3. The fourth-order valence-electron chi connectivity index (χ4n) is 3.13. The summed E-state index contributed by atoms with van der Waals surface area (Å²) in [6.07, 6.45) is 2.86. The van der Waals surface area contributed by atoms with Gasteiger partial charge in [-0.25, -0.2) is 0 Å². The summed E-state index contributed by atoms with van der Waals surface area (Å²) >= 11 is 0. The van der Waals surface area contributed by atoms with Crippen LogP contribution in [-0.4, -0.2) is 36.6 Å². The molecule has 0 saturated carbocycles. The zero-order valence-corrected chi connectivity index (χ0v) is 13.0. The van der Waals surface area contributed by atoms with Gasteiger partial charge in [0.1, 0.15) is 0 Å². The molecule has 4 heteroatoms. The van der Waals surface area contributed by atoms with Gasteiger partial charge in [0.25, 0.3) is 5.92 Å². The van der Waals surface area contributed by atoms with Gasteiger partial charge in [0, 0.05) is 17.6 Å². The molecule has 0 aliphatic carbocycles. The van der Waals surface area contributed by atoms with E-state index in [0.29, 0.717) is 6.54 Å². The van der Waals surface area contributed by atoms with Crippen LogP contribution in [0, 0.1) is 0 Å². The third kappa shape index (κ3) is 4.01. The average Bonchev–Trinajstić information content (AvgIpc) is 2.70. The molecular formula is C17H26F2N2. The van der Waals surface area contributed by atoms with Crippen molar-refractivity contribution in [3.8, 4) is 0 Å². The molecule has 1 aromatic rings. The fourth-order valence-corrected chi connectivity index (χ4v) is 3.13. The van der Waals surface area contributed by atoms with Crippen LogP contribution in [0.4, 0.5) is 8.78 Å². The Hall–Kier alpha value is -1.00. The van der Waals surface area contributed by atoms with Gasteiger partial charge in [-0.15, -0.1) is 0 Å². The van der Waals surface area contributed by atoms with Crippen LogP contribution in [0.1, 0.15) is 38.7 Å². The van der Waals surface area contributed by atoms with E-state index in [2.05, 4.69) is 19.2 Å². The second kappa shape index (κ2) is 6.84. The first-order valence-electron chi connectivity index (χ1n) is 7.92. The van der Waals surface area contributed by atoms with Gasteiger partial charge in [0.2, 0.25) is 0 Å². The molecule has 21 heavy (non-hydrogen) atoms. The second-order valence-corrected chi connectivity index (χ2v) is 6.05. The minimum Gasteiger partial charge on any atom is -0.310 e. The van der Waals surface area contributed by atoms with Crippen LogP contribution in [0.3, 0.4) is 0 Å². The first-order chi connectivity index (χ1) is 10.0. The van der Waals surface area contributed by atoms with Crippen LogP contribution in [-0.2, 0) is 5.92 Å². The monoisotopic (exact) mass is 296 g/mol. The molecule has 1 aromatic carbocycles. The molecule has 0 unspecified atom stereocenters. The summed E-state index contributed by atoms with van der Waals surface area (Å²) < 4.78 is 28.9. The van der Waals surface area contributed by atoms with E-state index in [1.165, 1.54) is 12.1 Å². The zero-order valence-electron chi connectivity index (χ0n) is 13.0. The van der Waals surface area contributed by atoms with Gasteiger partial charge < -0.3 is 5.32 Å². The molecule has 0 amide bonds. The van der Waals surface area contributed by atoms with Gasteiger partial charge in [-0.05, 0) is 32.4 Å². The van der Waals surface area contributed by atoms with Crippen molar-refractivity contribution >= 4 is 0 Å². The zero-order chi connectivity index (χ0) is 15.3. The third-order valence-electron chi connectivity index (χ3n) is 4.65. The summed E-state index contributed by atoms with van der Waals surface area (Å²) in [5, 5.41) is 3.56. The average molecular weight is 296 g/mol. The largest absolute Gasteiger partial charge is 0.310 e. The smallest absolute Gasteiger partial charge is 0.285 e. The maximum absolute atomic E-state index is 14.5. The number of nitrogens with zero attached hydrogens (tertiary/aromatic N) is 1. The Balaban J connectivity index is 2.10. The van der Waals surface area contributed by atoms with Gasteiger partial charge in [0.15, 0.2) is 0 Å². The van der Waals surface area contributed by atoms with E-state index < -0.39 is 5.92 Å². The highest BCUT2D eigenvalue weighted by molar-refractivity contribution is 5.20. The van der Waals surface area contributed by atoms with E-state index in [0.717, 1.165) is 32.4 Å². The Bertz CT molecular complexity index is 430. The van der Waals surface area contributed by atoms with Gasteiger partial charge in [-0.3, -0.25) is 4.90 Å². The van der Waals surface area contributed by atoms with E-state index in [1.54, 1.807) is 18.2 Å². The molecule has 0 bridgehead atoms. The molecule has 0 radical (unpaired) electrons. The minimum absolute atomic E-state index is 0.0245. The molecule has 2 nitrogen and oxygen atoms in total. The predicted octanol–water partition coefficient (Wildman–Crippen LogP) is 3.63. The van der Waals surface area contributed by atoms with Gasteiger partial charge in [0.05, 0.1) is 6.54 Å². The van der Waals surface area contributed by atoms with Crippen LogP contribution in [0.15, 0.2) is 30.3 Å². The molecule has 1 aliphatic heterocycles. The Morgan fingerprint density at radius 2 is 1.86 bits per heavy atom. The van der Waals surface area contributed by atoms with Crippen LogP contribution in [0.5, 0.6) is 0 Å². The Labute approximate surface area is 126 Å². The minimum atomic E-state index is -2.79. The molecule has 1 saturated heterocycles. The lowest BCUT2D eigenvalue weighted by Gasteiger charge is -2.36. The summed E-state index contributed by atoms with van der Waals surface area (Å²) in [5.41, 5.74) is 0.0873. The third-order valence-corrected chi connectivity index (χ3v) is 4.65. The van der Waals surface area contributed by atoms with Crippen LogP contribution >= 0.6 is 0 Å². The van der Waals surface area contributed by atoms with Crippen molar-refractivity contribution in [2.75, 3.05) is 26.2 Å². The Morgan fingerprint density at radius 3 is 2.48 bits per heavy atom. The molecule has 2 rings (SSSR count). The number of halogens is 2. The van der Waals surface area contributed by atoms with Crippen molar-refractivity contribution in [3.63, 3.8) is 0 Å². The normalized spacial score (nSPS) is 20.2.